The molecule has 0 bridgehead atoms. The molecule has 0 saturated heterocycles. The predicted octanol–water partition coefficient (Wildman–Crippen LogP) is 0.105. The number of fused-ring (bicyclic) bond motifs is 3. The number of ketones is 2. The van der Waals surface area contributed by atoms with Gasteiger partial charge in [0.25, 0.3) is 5.91 Å². The molecule has 1 aromatic rings. The number of aromatic nitrogens is 1. The van der Waals surface area contributed by atoms with Crippen molar-refractivity contribution in [1.82, 2.24) is 15.2 Å². The Kier molecular flexibility index (Phi) is 6.44. The van der Waals surface area contributed by atoms with Gasteiger partial charge in [0.15, 0.2) is 11.4 Å². The van der Waals surface area contributed by atoms with Crippen LogP contribution in [0.3, 0.4) is 0 Å². The standard InChI is InChI=1S/C25H32N4O7/c1-10(2)7-27-9-14-19(30)15-12(8-28-14)5-11-6-13-18(29(3)4)21(32)17(24(26)35)23(34)25(13,36)22(33)16(11)20(15)31/h8,10-11,13,18,27,30-31,34,36H,5-7,9H2,1-4H3,(H2,26,35)/t11-,13-,18-,25-/m0/s1. The first-order valence-corrected chi connectivity index (χ1v) is 11.9. The highest BCUT2D eigenvalue weighted by atomic mass is 16.3. The number of aromatic hydroxyl groups is 1. The first-order chi connectivity index (χ1) is 16.8. The first kappa shape index (κ1) is 25.8. The Bertz CT molecular complexity index is 1220. The lowest BCUT2D eigenvalue weighted by atomic mass is 9.57. The van der Waals surface area contributed by atoms with Gasteiger partial charge in [-0.1, -0.05) is 13.8 Å². The number of hydrogen-bond donors (Lipinski definition) is 6. The molecule has 3 aliphatic carbocycles. The lowest BCUT2D eigenvalue weighted by Gasteiger charge is -2.50. The van der Waals surface area contributed by atoms with E-state index in [4.69, 9.17) is 5.73 Å². The third kappa shape index (κ3) is 3.69. The van der Waals surface area contributed by atoms with Gasteiger partial charge in [0.05, 0.1) is 17.3 Å². The van der Waals surface area contributed by atoms with Crippen molar-refractivity contribution in [3.05, 3.63) is 39.9 Å². The SMILES string of the molecule is CC(C)CNCc1ncc2c(c1O)C(O)=C1C(=O)[C@]3(O)C(O)=C(C(N)=O)C(=O)[C@@H](N(C)C)[C@@H]3C[C@@H]1C2. The number of hydrogen-bond acceptors (Lipinski definition) is 10. The Balaban J connectivity index is 1.85. The van der Waals surface area contributed by atoms with Gasteiger partial charge in [-0.2, -0.15) is 0 Å². The second-order valence-corrected chi connectivity index (χ2v) is 10.4. The van der Waals surface area contributed by atoms with Gasteiger partial charge in [-0.25, -0.2) is 0 Å². The number of carbonyl (C=O) groups excluding carboxylic acids is 3. The summed E-state index contributed by atoms with van der Waals surface area (Å²) < 4.78 is 0. The van der Waals surface area contributed by atoms with E-state index in [2.05, 4.69) is 10.3 Å². The van der Waals surface area contributed by atoms with Gasteiger partial charge in [-0.3, -0.25) is 24.3 Å². The van der Waals surface area contributed by atoms with Crippen LogP contribution in [0.1, 0.15) is 37.1 Å². The largest absolute Gasteiger partial charge is 0.508 e. The van der Waals surface area contributed by atoms with E-state index in [9.17, 15) is 34.8 Å². The van der Waals surface area contributed by atoms with Crippen molar-refractivity contribution < 1.29 is 34.8 Å². The summed E-state index contributed by atoms with van der Waals surface area (Å²) in [7, 11) is 3.12. The van der Waals surface area contributed by atoms with Crippen molar-refractivity contribution in [2.75, 3.05) is 20.6 Å². The van der Waals surface area contributed by atoms with E-state index in [1.165, 1.54) is 11.1 Å². The molecular weight excluding hydrogens is 468 g/mol. The summed E-state index contributed by atoms with van der Waals surface area (Å²) in [5, 5.41) is 47.7. The number of primary amides is 1. The van der Waals surface area contributed by atoms with Gasteiger partial charge in [-0.15, -0.1) is 0 Å². The molecule has 1 heterocycles. The molecule has 0 unspecified atom stereocenters. The van der Waals surface area contributed by atoms with E-state index < -0.39 is 58.0 Å². The molecule has 36 heavy (non-hydrogen) atoms. The van der Waals surface area contributed by atoms with E-state index in [0.29, 0.717) is 18.0 Å². The quantitative estimate of drug-likeness (QED) is 0.293. The number of nitrogens with zero attached hydrogens (tertiary/aromatic N) is 2. The van der Waals surface area contributed by atoms with E-state index in [0.717, 1.165) is 0 Å². The number of aliphatic hydroxyl groups is 3. The molecule has 1 saturated carbocycles. The van der Waals surface area contributed by atoms with Gasteiger partial charge in [0.1, 0.15) is 22.8 Å². The third-order valence-electron chi connectivity index (χ3n) is 7.38. The minimum absolute atomic E-state index is 0.0441. The average Bonchev–Trinajstić information content (AvgIpc) is 2.77. The van der Waals surface area contributed by atoms with Crippen molar-refractivity contribution in [2.45, 2.75) is 44.9 Å². The van der Waals surface area contributed by atoms with Crippen LogP contribution in [0.4, 0.5) is 0 Å². The maximum atomic E-state index is 13.8. The van der Waals surface area contributed by atoms with E-state index >= 15 is 0 Å². The highest BCUT2D eigenvalue weighted by Crippen LogP contribution is 2.52. The van der Waals surface area contributed by atoms with Gasteiger partial charge >= 0.3 is 0 Å². The first-order valence-electron chi connectivity index (χ1n) is 11.9. The molecule has 0 aromatic carbocycles. The van der Waals surface area contributed by atoms with Crippen molar-refractivity contribution in [1.29, 1.82) is 0 Å². The molecular formula is C25H32N4O7. The Morgan fingerprint density at radius 2 is 1.94 bits per heavy atom. The molecule has 1 amide bonds. The molecule has 7 N–H and O–H groups in total. The maximum Gasteiger partial charge on any atom is 0.255 e. The fourth-order valence-corrected chi connectivity index (χ4v) is 5.76. The Morgan fingerprint density at radius 3 is 2.53 bits per heavy atom. The summed E-state index contributed by atoms with van der Waals surface area (Å²) in [6, 6.07) is -1.11. The van der Waals surface area contributed by atoms with Gasteiger partial charge < -0.3 is 31.5 Å². The number of Topliss-reactive ketones (excluding diaryl/α,β-unsaturated/α-hetero) is 2. The van der Waals surface area contributed by atoms with Gasteiger partial charge in [0.2, 0.25) is 5.78 Å². The third-order valence-corrected chi connectivity index (χ3v) is 7.38. The number of amides is 1. The lowest BCUT2D eigenvalue weighted by molar-refractivity contribution is -0.153. The number of nitrogens with one attached hydrogen (secondary N) is 1. The lowest BCUT2D eigenvalue weighted by Crippen LogP contribution is -2.65. The molecule has 194 valence electrons. The molecule has 0 aliphatic heterocycles. The molecule has 4 rings (SSSR count). The molecule has 4 atom stereocenters. The highest BCUT2D eigenvalue weighted by Gasteiger charge is 2.64. The second kappa shape index (κ2) is 8.99. The minimum atomic E-state index is -2.64. The minimum Gasteiger partial charge on any atom is -0.508 e. The molecule has 1 aromatic heterocycles. The van der Waals surface area contributed by atoms with E-state index in [-0.39, 0.29) is 42.0 Å². The molecule has 0 radical (unpaired) electrons. The zero-order valence-electron chi connectivity index (χ0n) is 20.7. The van der Waals surface area contributed by atoms with Crippen LogP contribution in [0, 0.1) is 17.8 Å². The second-order valence-electron chi connectivity index (χ2n) is 10.4. The van der Waals surface area contributed by atoms with Crippen molar-refractivity contribution >= 4 is 23.2 Å². The van der Waals surface area contributed by atoms with Crippen LogP contribution in [-0.4, -0.2) is 80.1 Å². The predicted molar refractivity (Wildman–Crippen MR) is 129 cm³/mol. The van der Waals surface area contributed by atoms with Crippen molar-refractivity contribution in [2.24, 2.45) is 23.5 Å². The zero-order valence-corrected chi connectivity index (χ0v) is 20.7. The van der Waals surface area contributed by atoms with E-state index in [1.807, 2.05) is 13.8 Å². The van der Waals surface area contributed by atoms with Gasteiger partial charge in [-0.05, 0) is 50.9 Å². The summed E-state index contributed by atoms with van der Waals surface area (Å²) in [5.41, 5.74) is 2.53. The number of likely N-dealkylation sites (N-methyl/N-ethyl adjacent to an activating group) is 1. The summed E-state index contributed by atoms with van der Waals surface area (Å²) in [4.78, 5) is 44.7. The number of pyridine rings is 1. The zero-order chi connectivity index (χ0) is 26.7. The monoisotopic (exact) mass is 500 g/mol. The normalized spacial score (nSPS) is 27.9. The Labute approximate surface area is 208 Å². The topological polar surface area (TPSA) is 186 Å². The molecule has 0 spiro atoms. The van der Waals surface area contributed by atoms with Crippen LogP contribution >= 0.6 is 0 Å². The Hall–Kier alpha value is -3.28. The van der Waals surface area contributed by atoms with Crippen LogP contribution < -0.4 is 11.1 Å². The average molecular weight is 501 g/mol. The fraction of sp³-hybridized carbons (Fsp3) is 0.520. The fourth-order valence-electron chi connectivity index (χ4n) is 5.76. The molecule has 1 fully saturated rings. The summed E-state index contributed by atoms with van der Waals surface area (Å²) in [5.74, 6) is -6.31. The highest BCUT2D eigenvalue weighted by molar-refractivity contribution is 6.24. The number of rotatable bonds is 6. The van der Waals surface area contributed by atoms with Crippen LogP contribution in [-0.2, 0) is 27.3 Å². The van der Waals surface area contributed by atoms with Crippen LogP contribution in [0.2, 0.25) is 0 Å². The van der Waals surface area contributed by atoms with Crippen LogP contribution in [0.25, 0.3) is 5.76 Å². The molecule has 11 nitrogen and oxygen atoms in total. The molecule has 11 heteroatoms. The summed E-state index contributed by atoms with van der Waals surface area (Å²) in [6.07, 6.45) is 1.80. The van der Waals surface area contributed by atoms with Crippen molar-refractivity contribution in [3.8, 4) is 5.75 Å². The smallest absolute Gasteiger partial charge is 0.255 e. The van der Waals surface area contributed by atoms with Crippen molar-refractivity contribution in [3.63, 3.8) is 0 Å². The summed E-state index contributed by atoms with van der Waals surface area (Å²) in [6.45, 7) is 4.98. The number of aliphatic hydroxyl groups excluding tert-OH is 2. The van der Waals surface area contributed by atoms with Crippen LogP contribution in [0.15, 0.2) is 23.1 Å². The molecule has 3 aliphatic rings. The van der Waals surface area contributed by atoms with E-state index in [1.54, 1.807) is 14.1 Å². The van der Waals surface area contributed by atoms with Gasteiger partial charge in [0, 0.05) is 24.2 Å². The summed E-state index contributed by atoms with van der Waals surface area (Å²) >= 11 is 0. The Morgan fingerprint density at radius 1 is 1.28 bits per heavy atom. The number of nitrogens with two attached hydrogens (primary N) is 1. The van der Waals surface area contributed by atoms with Crippen LogP contribution in [0.5, 0.6) is 5.75 Å². The maximum absolute atomic E-state index is 13.8. The number of carbonyl (C=O) groups is 3.